The Hall–Kier alpha value is -1.56. The van der Waals surface area contributed by atoms with Crippen LogP contribution in [0, 0.1) is 0 Å². The highest BCUT2D eigenvalue weighted by molar-refractivity contribution is 9.10. The van der Waals surface area contributed by atoms with E-state index >= 15 is 0 Å². The normalized spacial score (nSPS) is 14.6. The average Bonchev–Trinajstić information content (AvgIpc) is 2.30. The number of benzene rings is 1. The van der Waals surface area contributed by atoms with E-state index in [4.69, 9.17) is 4.74 Å². The van der Waals surface area contributed by atoms with Gasteiger partial charge in [0.1, 0.15) is 12.3 Å². The predicted octanol–water partition coefficient (Wildman–Crippen LogP) is 2.09. The summed E-state index contributed by atoms with van der Waals surface area (Å²) in [5.41, 5.74) is 0.295. The van der Waals surface area contributed by atoms with Gasteiger partial charge in [-0.05, 0) is 39.0 Å². The Morgan fingerprint density at radius 1 is 1.45 bits per heavy atom. The summed E-state index contributed by atoms with van der Waals surface area (Å²) in [5, 5.41) is 2.85. The topological polar surface area (TPSA) is 58.6 Å². The van der Waals surface area contributed by atoms with Crippen LogP contribution in [-0.4, -0.2) is 30.5 Å². The first kappa shape index (κ1) is 14.8. The summed E-state index contributed by atoms with van der Waals surface area (Å²) in [6, 6.07) is 5.37. The van der Waals surface area contributed by atoms with E-state index < -0.39 is 0 Å². The number of rotatable bonds is 2. The molecule has 0 aromatic heterocycles. The Kier molecular flexibility index (Phi) is 4.04. The zero-order valence-electron chi connectivity index (χ0n) is 11.7. The van der Waals surface area contributed by atoms with Gasteiger partial charge in [-0.15, -0.1) is 0 Å². The fourth-order valence-corrected chi connectivity index (χ4v) is 2.29. The van der Waals surface area contributed by atoms with Gasteiger partial charge in [-0.3, -0.25) is 14.5 Å². The molecule has 0 aliphatic carbocycles. The van der Waals surface area contributed by atoms with Gasteiger partial charge in [-0.25, -0.2) is 0 Å². The van der Waals surface area contributed by atoms with Crippen molar-refractivity contribution >= 4 is 33.4 Å². The molecular formula is C14H17BrN2O3. The highest BCUT2D eigenvalue weighted by Gasteiger charge is 2.28. The largest absolute Gasteiger partial charge is 0.482 e. The van der Waals surface area contributed by atoms with E-state index in [-0.39, 0.29) is 30.5 Å². The number of carbonyl (C=O) groups is 2. The summed E-state index contributed by atoms with van der Waals surface area (Å²) in [5.74, 6) is 0.188. The van der Waals surface area contributed by atoms with Gasteiger partial charge < -0.3 is 10.1 Å². The molecule has 1 aromatic carbocycles. The molecule has 2 rings (SSSR count). The number of halogens is 1. The maximum Gasteiger partial charge on any atom is 0.265 e. The van der Waals surface area contributed by atoms with E-state index in [1.807, 2.05) is 26.8 Å². The van der Waals surface area contributed by atoms with Crippen molar-refractivity contribution in [3.63, 3.8) is 0 Å². The summed E-state index contributed by atoms with van der Waals surface area (Å²) < 4.78 is 6.24. The van der Waals surface area contributed by atoms with Crippen LogP contribution in [0.2, 0.25) is 0 Å². The number of ether oxygens (including phenoxy) is 1. The Morgan fingerprint density at radius 3 is 2.80 bits per heavy atom. The number of anilines is 1. The molecule has 1 aliphatic rings. The third-order valence-corrected chi connectivity index (χ3v) is 3.17. The van der Waals surface area contributed by atoms with Crippen molar-refractivity contribution in [3.05, 3.63) is 22.7 Å². The van der Waals surface area contributed by atoms with Crippen LogP contribution in [0.4, 0.5) is 5.69 Å². The fraction of sp³-hybridized carbons (Fsp3) is 0.429. The van der Waals surface area contributed by atoms with E-state index in [0.29, 0.717) is 11.4 Å². The zero-order chi connectivity index (χ0) is 14.9. The molecule has 1 aromatic rings. The maximum atomic E-state index is 12.0. The van der Waals surface area contributed by atoms with E-state index in [0.717, 1.165) is 4.47 Å². The molecule has 2 amide bonds. The van der Waals surface area contributed by atoms with Crippen LogP contribution in [0.1, 0.15) is 20.8 Å². The lowest BCUT2D eigenvalue weighted by molar-refractivity contribution is -0.126. The van der Waals surface area contributed by atoms with E-state index in [1.165, 1.54) is 4.90 Å². The molecule has 1 N–H and O–H groups in total. The van der Waals surface area contributed by atoms with Crippen molar-refractivity contribution in [2.24, 2.45) is 0 Å². The lowest BCUT2D eigenvalue weighted by Crippen LogP contribution is -2.49. The summed E-state index contributed by atoms with van der Waals surface area (Å²) in [4.78, 5) is 25.4. The molecule has 0 saturated heterocycles. The lowest BCUT2D eigenvalue weighted by Gasteiger charge is -2.30. The third kappa shape index (κ3) is 3.50. The highest BCUT2D eigenvalue weighted by atomic mass is 79.9. The van der Waals surface area contributed by atoms with Crippen molar-refractivity contribution in [3.8, 4) is 5.75 Å². The average molecular weight is 341 g/mol. The molecule has 0 bridgehead atoms. The number of hydrogen-bond donors (Lipinski definition) is 1. The van der Waals surface area contributed by atoms with Crippen LogP contribution in [0.5, 0.6) is 5.75 Å². The molecule has 0 unspecified atom stereocenters. The number of carbonyl (C=O) groups excluding carboxylic acids is 2. The minimum atomic E-state index is -0.324. The Balaban J connectivity index is 2.20. The van der Waals surface area contributed by atoms with Gasteiger partial charge in [0.2, 0.25) is 5.91 Å². The molecule has 0 fully saturated rings. The van der Waals surface area contributed by atoms with Crippen molar-refractivity contribution < 1.29 is 14.3 Å². The molecule has 108 valence electrons. The maximum absolute atomic E-state index is 12.0. The van der Waals surface area contributed by atoms with Crippen molar-refractivity contribution in [2.45, 2.75) is 26.3 Å². The molecule has 1 heterocycles. The van der Waals surface area contributed by atoms with E-state index in [2.05, 4.69) is 21.2 Å². The molecule has 1 aliphatic heterocycles. The molecule has 0 atom stereocenters. The second kappa shape index (κ2) is 5.44. The second-order valence-corrected chi connectivity index (χ2v) is 6.59. The minimum absolute atomic E-state index is 0.00586. The first-order chi connectivity index (χ1) is 9.26. The number of nitrogens with zero attached hydrogens (tertiary/aromatic N) is 1. The van der Waals surface area contributed by atoms with E-state index in [9.17, 15) is 9.59 Å². The Bertz CT molecular complexity index is 552. The molecule has 20 heavy (non-hydrogen) atoms. The first-order valence-corrected chi connectivity index (χ1v) is 7.09. The van der Waals surface area contributed by atoms with Crippen LogP contribution in [0.15, 0.2) is 22.7 Å². The van der Waals surface area contributed by atoms with Crippen molar-refractivity contribution in [1.29, 1.82) is 0 Å². The van der Waals surface area contributed by atoms with Crippen molar-refractivity contribution in [2.75, 3.05) is 18.1 Å². The Morgan fingerprint density at radius 2 is 2.15 bits per heavy atom. The van der Waals surface area contributed by atoms with Gasteiger partial charge in [-0.2, -0.15) is 0 Å². The monoisotopic (exact) mass is 340 g/mol. The third-order valence-electron chi connectivity index (χ3n) is 2.68. The SMILES string of the molecule is CC(C)(C)NC(=O)CN1C(=O)COc2cc(Br)ccc21. The standard InChI is InChI=1S/C14H17BrN2O3/c1-14(2,3)16-12(18)7-17-10-5-4-9(15)6-11(10)20-8-13(17)19/h4-6H,7-8H2,1-3H3,(H,16,18). The quantitative estimate of drug-likeness (QED) is 0.896. The second-order valence-electron chi connectivity index (χ2n) is 5.68. The summed E-state index contributed by atoms with van der Waals surface area (Å²) in [7, 11) is 0. The van der Waals surface area contributed by atoms with Gasteiger partial charge in [-0.1, -0.05) is 15.9 Å². The molecular weight excluding hydrogens is 324 g/mol. The zero-order valence-corrected chi connectivity index (χ0v) is 13.3. The predicted molar refractivity (Wildman–Crippen MR) is 79.9 cm³/mol. The fourth-order valence-electron chi connectivity index (χ4n) is 1.95. The number of nitrogens with one attached hydrogen (secondary N) is 1. The van der Waals surface area contributed by atoms with Gasteiger partial charge >= 0.3 is 0 Å². The number of hydrogen-bond acceptors (Lipinski definition) is 3. The highest BCUT2D eigenvalue weighted by Crippen LogP contribution is 2.34. The summed E-state index contributed by atoms with van der Waals surface area (Å²) in [6.07, 6.45) is 0. The molecule has 6 heteroatoms. The first-order valence-electron chi connectivity index (χ1n) is 6.30. The van der Waals surface area contributed by atoms with Crippen LogP contribution in [-0.2, 0) is 9.59 Å². The number of fused-ring (bicyclic) bond motifs is 1. The van der Waals surface area contributed by atoms with Crippen LogP contribution in [0.3, 0.4) is 0 Å². The number of amides is 2. The van der Waals surface area contributed by atoms with Crippen LogP contribution < -0.4 is 15.0 Å². The minimum Gasteiger partial charge on any atom is -0.482 e. The molecule has 0 saturated carbocycles. The summed E-state index contributed by atoms with van der Waals surface area (Å²) in [6.45, 7) is 5.64. The van der Waals surface area contributed by atoms with Crippen LogP contribution in [0.25, 0.3) is 0 Å². The Labute approximate surface area is 126 Å². The van der Waals surface area contributed by atoms with Gasteiger partial charge in [0, 0.05) is 10.0 Å². The van der Waals surface area contributed by atoms with Gasteiger partial charge in [0.15, 0.2) is 6.61 Å². The van der Waals surface area contributed by atoms with Crippen LogP contribution >= 0.6 is 15.9 Å². The smallest absolute Gasteiger partial charge is 0.265 e. The van der Waals surface area contributed by atoms with Gasteiger partial charge in [0.25, 0.3) is 5.91 Å². The summed E-state index contributed by atoms with van der Waals surface area (Å²) >= 11 is 3.35. The van der Waals surface area contributed by atoms with Crippen molar-refractivity contribution in [1.82, 2.24) is 5.32 Å². The lowest BCUT2D eigenvalue weighted by atomic mass is 10.1. The molecule has 5 nitrogen and oxygen atoms in total. The van der Waals surface area contributed by atoms with Gasteiger partial charge in [0.05, 0.1) is 5.69 Å². The molecule has 0 radical (unpaired) electrons. The van der Waals surface area contributed by atoms with E-state index in [1.54, 1.807) is 12.1 Å². The molecule has 0 spiro atoms.